The molecule has 66 valence electrons. The van der Waals surface area contributed by atoms with Crippen LogP contribution in [0.5, 0.6) is 0 Å². The summed E-state index contributed by atoms with van der Waals surface area (Å²) in [5, 5.41) is 20.7. The Balaban J connectivity index is 2.64. The van der Waals surface area contributed by atoms with E-state index in [4.69, 9.17) is 0 Å². The number of aliphatic carboxylic acids is 1. The summed E-state index contributed by atoms with van der Waals surface area (Å²) in [7, 11) is 1.64. The third-order valence-electron chi connectivity index (χ3n) is 1.20. The highest BCUT2D eigenvalue weighted by molar-refractivity contribution is 8.00. The van der Waals surface area contributed by atoms with Crippen molar-refractivity contribution in [3.63, 3.8) is 0 Å². The van der Waals surface area contributed by atoms with Crippen LogP contribution in [-0.4, -0.2) is 31.4 Å². The lowest BCUT2D eigenvalue weighted by Crippen LogP contribution is -2.31. The second kappa shape index (κ2) is 3.53. The van der Waals surface area contributed by atoms with E-state index in [0.717, 1.165) is 11.8 Å². The predicted molar refractivity (Wildman–Crippen MR) is 39.1 cm³/mol. The van der Waals surface area contributed by atoms with Gasteiger partial charge >= 0.3 is 0 Å². The Morgan fingerprint density at radius 1 is 1.75 bits per heavy atom. The lowest BCUT2D eigenvalue weighted by Gasteiger charge is -2.09. The molecule has 7 heteroatoms. The number of nitrogens with zero attached hydrogens (tertiary/aromatic N) is 4. The number of rotatable bonds is 3. The molecule has 1 heterocycles. The summed E-state index contributed by atoms with van der Waals surface area (Å²) in [5.74, 6) is -1.12. The fraction of sp³-hybridized carbons (Fsp3) is 0.600. The van der Waals surface area contributed by atoms with Gasteiger partial charge in [-0.2, -0.15) is 0 Å². The minimum Gasteiger partial charge on any atom is -0.549 e. The molecular formula is C5H7N4O2S-. The molecule has 0 unspecified atom stereocenters. The maximum absolute atomic E-state index is 10.3. The van der Waals surface area contributed by atoms with E-state index in [1.165, 1.54) is 11.6 Å². The van der Waals surface area contributed by atoms with Crippen LogP contribution in [0, 0.1) is 0 Å². The summed E-state index contributed by atoms with van der Waals surface area (Å²) in [6.45, 7) is 1.52. The molecule has 1 rings (SSSR count). The van der Waals surface area contributed by atoms with Gasteiger partial charge < -0.3 is 9.90 Å². The van der Waals surface area contributed by atoms with Gasteiger partial charge in [0.15, 0.2) is 0 Å². The molecule has 0 bridgehead atoms. The molecule has 1 aromatic rings. The molecule has 0 radical (unpaired) electrons. The van der Waals surface area contributed by atoms with Crippen LogP contribution in [-0.2, 0) is 11.8 Å². The first kappa shape index (κ1) is 8.98. The molecule has 0 saturated carbocycles. The number of hydrogen-bond donors (Lipinski definition) is 0. The van der Waals surface area contributed by atoms with E-state index in [1.807, 2.05) is 0 Å². The van der Waals surface area contributed by atoms with E-state index in [9.17, 15) is 9.90 Å². The standard InChI is InChI=1S/C5H8N4O2S/c1-3(4(10)11)12-5-6-7-8-9(5)2/h3H,1-2H3,(H,10,11)/p-1/t3-/m0/s1. The minimum absolute atomic E-state index is 0.465. The largest absolute Gasteiger partial charge is 0.549 e. The molecular weight excluding hydrogens is 180 g/mol. The molecule has 6 nitrogen and oxygen atoms in total. The van der Waals surface area contributed by atoms with Gasteiger partial charge in [0.25, 0.3) is 0 Å². The molecule has 0 aliphatic heterocycles. The third-order valence-corrected chi connectivity index (χ3v) is 2.30. The van der Waals surface area contributed by atoms with Gasteiger partial charge in [-0.3, -0.25) is 0 Å². The number of carbonyl (C=O) groups excluding carboxylic acids is 1. The average molecular weight is 187 g/mol. The highest BCUT2D eigenvalue weighted by Crippen LogP contribution is 2.18. The highest BCUT2D eigenvalue weighted by atomic mass is 32.2. The Bertz CT molecular complexity index is 287. The van der Waals surface area contributed by atoms with E-state index >= 15 is 0 Å². The first-order valence-corrected chi connectivity index (χ1v) is 4.09. The first-order chi connectivity index (χ1) is 5.61. The number of thioether (sulfide) groups is 1. The average Bonchev–Trinajstić information content (AvgIpc) is 2.36. The molecule has 12 heavy (non-hydrogen) atoms. The zero-order valence-electron chi connectivity index (χ0n) is 6.59. The number of aromatic nitrogens is 4. The highest BCUT2D eigenvalue weighted by Gasteiger charge is 2.09. The van der Waals surface area contributed by atoms with E-state index in [1.54, 1.807) is 7.05 Å². The van der Waals surface area contributed by atoms with Crippen molar-refractivity contribution in [2.45, 2.75) is 17.3 Å². The number of carboxylic acids is 1. The number of carboxylic acid groups (broad SMARTS) is 1. The summed E-state index contributed by atoms with van der Waals surface area (Å²) in [4.78, 5) is 10.3. The van der Waals surface area contributed by atoms with Crippen molar-refractivity contribution >= 4 is 17.7 Å². The second-order valence-corrected chi connectivity index (χ2v) is 3.47. The van der Waals surface area contributed by atoms with Crippen LogP contribution in [0.3, 0.4) is 0 Å². The number of tetrazole rings is 1. The van der Waals surface area contributed by atoms with Crippen LogP contribution in [0.4, 0.5) is 0 Å². The van der Waals surface area contributed by atoms with Crippen molar-refractivity contribution in [2.24, 2.45) is 7.05 Å². The van der Waals surface area contributed by atoms with Gasteiger partial charge in [0, 0.05) is 12.3 Å². The van der Waals surface area contributed by atoms with Gasteiger partial charge in [-0.1, -0.05) is 11.8 Å². The van der Waals surface area contributed by atoms with Gasteiger partial charge in [-0.25, -0.2) is 4.68 Å². The predicted octanol–water partition coefficient (Wildman–Crippen LogP) is -1.56. The second-order valence-electron chi connectivity index (χ2n) is 2.16. The number of carbonyl (C=O) groups is 1. The Morgan fingerprint density at radius 3 is 2.83 bits per heavy atom. The normalized spacial score (nSPS) is 12.8. The van der Waals surface area contributed by atoms with Crippen LogP contribution in [0.15, 0.2) is 5.16 Å². The topological polar surface area (TPSA) is 83.7 Å². The Hall–Kier alpha value is -1.11. The van der Waals surface area contributed by atoms with Crippen LogP contribution in [0.2, 0.25) is 0 Å². The summed E-state index contributed by atoms with van der Waals surface area (Å²) >= 11 is 1.05. The number of hydrogen-bond acceptors (Lipinski definition) is 6. The fourth-order valence-corrected chi connectivity index (χ4v) is 1.21. The molecule has 0 aliphatic carbocycles. The SMILES string of the molecule is C[C@H](Sc1nnnn1C)C(=O)[O-]. The summed E-state index contributed by atoms with van der Waals surface area (Å²) in [5.41, 5.74) is 0. The van der Waals surface area contributed by atoms with Crippen LogP contribution >= 0.6 is 11.8 Å². The Kier molecular flexibility index (Phi) is 2.64. The van der Waals surface area contributed by atoms with Crippen LogP contribution < -0.4 is 5.11 Å². The smallest absolute Gasteiger partial charge is 0.209 e. The monoisotopic (exact) mass is 187 g/mol. The van der Waals surface area contributed by atoms with Crippen molar-refractivity contribution in [2.75, 3.05) is 0 Å². The zero-order chi connectivity index (χ0) is 9.14. The van der Waals surface area contributed by atoms with E-state index in [0.29, 0.717) is 5.16 Å². The van der Waals surface area contributed by atoms with E-state index in [-0.39, 0.29) is 0 Å². The van der Waals surface area contributed by atoms with Crippen LogP contribution in [0.1, 0.15) is 6.92 Å². The molecule has 0 spiro atoms. The maximum atomic E-state index is 10.3. The lowest BCUT2D eigenvalue weighted by molar-refractivity contribution is -0.304. The van der Waals surface area contributed by atoms with E-state index < -0.39 is 11.2 Å². The van der Waals surface area contributed by atoms with Crippen LogP contribution in [0.25, 0.3) is 0 Å². The molecule has 0 aromatic carbocycles. The molecule has 1 aromatic heterocycles. The van der Waals surface area contributed by atoms with Gasteiger partial charge in [-0.05, 0) is 17.4 Å². The molecule has 0 fully saturated rings. The minimum atomic E-state index is -1.12. The third kappa shape index (κ3) is 1.94. The van der Waals surface area contributed by atoms with Gasteiger partial charge in [0.1, 0.15) is 0 Å². The quantitative estimate of drug-likeness (QED) is 0.532. The van der Waals surface area contributed by atoms with Gasteiger partial charge in [0.2, 0.25) is 5.16 Å². The molecule has 1 atom stereocenters. The Labute approximate surface area is 73.0 Å². The molecule has 0 amide bonds. The zero-order valence-corrected chi connectivity index (χ0v) is 7.41. The fourth-order valence-electron chi connectivity index (χ4n) is 0.527. The molecule has 0 N–H and O–H groups in total. The Morgan fingerprint density at radius 2 is 2.42 bits per heavy atom. The van der Waals surface area contributed by atoms with Crippen molar-refractivity contribution in [3.8, 4) is 0 Å². The molecule has 0 saturated heterocycles. The van der Waals surface area contributed by atoms with Crippen molar-refractivity contribution in [3.05, 3.63) is 0 Å². The maximum Gasteiger partial charge on any atom is 0.209 e. The number of aryl methyl sites for hydroxylation is 1. The molecule has 0 aliphatic rings. The summed E-state index contributed by atoms with van der Waals surface area (Å²) < 4.78 is 1.41. The summed E-state index contributed by atoms with van der Waals surface area (Å²) in [6, 6.07) is 0. The first-order valence-electron chi connectivity index (χ1n) is 3.21. The van der Waals surface area contributed by atoms with Crippen molar-refractivity contribution in [1.82, 2.24) is 20.2 Å². The van der Waals surface area contributed by atoms with Crippen molar-refractivity contribution in [1.29, 1.82) is 0 Å². The van der Waals surface area contributed by atoms with Crippen molar-refractivity contribution < 1.29 is 9.90 Å². The summed E-state index contributed by atoms with van der Waals surface area (Å²) in [6.07, 6.45) is 0. The van der Waals surface area contributed by atoms with Gasteiger partial charge in [-0.15, -0.1) is 5.10 Å². The lowest BCUT2D eigenvalue weighted by atomic mass is 10.5. The van der Waals surface area contributed by atoms with Gasteiger partial charge in [0.05, 0.1) is 5.97 Å². The van der Waals surface area contributed by atoms with E-state index in [2.05, 4.69) is 15.5 Å².